The molecule has 3 rings (SSSR count). The second kappa shape index (κ2) is 12.8. The van der Waals surface area contributed by atoms with Gasteiger partial charge in [0.25, 0.3) is 10.0 Å². The number of benzene rings is 2. The number of nitrogens with one attached hydrogen (secondary N) is 1. The second-order valence-corrected chi connectivity index (χ2v) is 9.82. The number of pyridine rings is 1. The number of hydrogen-bond acceptors (Lipinski definition) is 8. The molecule has 2 amide bonds. The molecule has 3 aromatic rings. The van der Waals surface area contributed by atoms with Crippen molar-refractivity contribution in [3.63, 3.8) is 0 Å². The molecule has 0 radical (unpaired) electrons. The number of hydrogen-bond donors (Lipinski definition) is 2. The largest absolute Gasteiger partial charge is 0.493 e. The monoisotopic (exact) mass is 527 g/mol. The Hall–Kier alpha value is -3.96. The lowest BCUT2D eigenvalue weighted by atomic mass is 10.1. The number of sulfonamides is 1. The Balaban J connectivity index is 1.53. The van der Waals surface area contributed by atoms with Crippen LogP contribution in [0.3, 0.4) is 0 Å². The van der Waals surface area contributed by atoms with Crippen LogP contribution in [0.25, 0.3) is 0 Å². The standard InChI is InChI=1S/C26H29N3O7S/c1-35-24-11-5-20(15-25(24)36-2)6-12-26(32)27-14-13-19-3-9-23(10-4-19)37(33,34)29(18-31)22-8-7-21(17-30)28-16-22/h3-5,7-11,15-16,18,30H,6,12-14,17H2,1-2H3,(H,27,32). The molecule has 0 saturated carbocycles. The Bertz CT molecular complexity index is 1310. The van der Waals surface area contributed by atoms with Crippen molar-refractivity contribution in [2.24, 2.45) is 0 Å². The summed E-state index contributed by atoms with van der Waals surface area (Å²) in [6.07, 6.45) is 2.77. The number of methoxy groups -OCH3 is 2. The van der Waals surface area contributed by atoms with Crippen molar-refractivity contribution in [3.8, 4) is 11.5 Å². The molecule has 37 heavy (non-hydrogen) atoms. The fourth-order valence-electron chi connectivity index (χ4n) is 3.57. The minimum absolute atomic E-state index is 0.0615. The lowest BCUT2D eigenvalue weighted by Crippen LogP contribution is -2.29. The summed E-state index contributed by atoms with van der Waals surface area (Å²) in [5, 5.41) is 12.0. The highest BCUT2D eigenvalue weighted by molar-refractivity contribution is 7.93. The molecule has 1 aromatic heterocycles. The summed E-state index contributed by atoms with van der Waals surface area (Å²) >= 11 is 0. The van der Waals surface area contributed by atoms with E-state index in [2.05, 4.69) is 10.3 Å². The van der Waals surface area contributed by atoms with Crippen molar-refractivity contribution in [1.82, 2.24) is 10.3 Å². The molecule has 2 N–H and O–H groups in total. The number of aryl methyl sites for hydroxylation is 1. The maximum atomic E-state index is 12.9. The summed E-state index contributed by atoms with van der Waals surface area (Å²) < 4.78 is 37.0. The van der Waals surface area contributed by atoms with Crippen LogP contribution in [0.2, 0.25) is 0 Å². The summed E-state index contributed by atoms with van der Waals surface area (Å²) in [6, 6.07) is 14.5. The van der Waals surface area contributed by atoms with Gasteiger partial charge in [-0.15, -0.1) is 0 Å². The number of carbonyl (C=O) groups is 2. The van der Waals surface area contributed by atoms with E-state index in [-0.39, 0.29) is 29.5 Å². The fraction of sp³-hybridized carbons (Fsp3) is 0.269. The van der Waals surface area contributed by atoms with Crippen LogP contribution in [-0.2, 0) is 39.1 Å². The Morgan fingerprint density at radius 1 is 1.00 bits per heavy atom. The minimum atomic E-state index is -4.14. The molecular weight excluding hydrogens is 498 g/mol. The molecular formula is C26H29N3O7S. The molecule has 1 heterocycles. The molecule has 196 valence electrons. The molecule has 0 fully saturated rings. The smallest absolute Gasteiger partial charge is 0.270 e. The molecule has 11 heteroatoms. The van der Waals surface area contributed by atoms with Gasteiger partial charge in [0.1, 0.15) is 0 Å². The number of anilines is 1. The van der Waals surface area contributed by atoms with Crippen molar-refractivity contribution >= 4 is 28.0 Å². The summed E-state index contributed by atoms with van der Waals surface area (Å²) in [6.45, 7) is 0.0914. The van der Waals surface area contributed by atoms with E-state index in [9.17, 15) is 18.0 Å². The first kappa shape index (κ1) is 27.6. The predicted octanol–water partition coefficient (Wildman–Crippen LogP) is 2.23. The first-order valence-corrected chi connectivity index (χ1v) is 12.9. The van der Waals surface area contributed by atoms with E-state index >= 15 is 0 Å². The first-order valence-electron chi connectivity index (χ1n) is 11.4. The third kappa shape index (κ3) is 7.05. The number of aromatic nitrogens is 1. The maximum Gasteiger partial charge on any atom is 0.270 e. The van der Waals surface area contributed by atoms with E-state index in [1.54, 1.807) is 32.4 Å². The quantitative estimate of drug-likeness (QED) is 0.323. The van der Waals surface area contributed by atoms with Crippen LogP contribution in [0.1, 0.15) is 23.2 Å². The lowest BCUT2D eigenvalue weighted by Gasteiger charge is -2.17. The lowest BCUT2D eigenvalue weighted by molar-refractivity contribution is -0.121. The van der Waals surface area contributed by atoms with Gasteiger partial charge in [0.05, 0.1) is 43.3 Å². The topological polar surface area (TPSA) is 135 Å². The van der Waals surface area contributed by atoms with E-state index in [1.807, 2.05) is 12.1 Å². The zero-order valence-electron chi connectivity index (χ0n) is 20.6. The van der Waals surface area contributed by atoms with Crippen molar-refractivity contribution in [3.05, 3.63) is 77.6 Å². The molecule has 0 saturated heterocycles. The molecule has 0 unspecified atom stereocenters. The third-order valence-corrected chi connectivity index (χ3v) is 7.31. The summed E-state index contributed by atoms with van der Waals surface area (Å²) in [5.41, 5.74) is 2.19. The number of aliphatic hydroxyl groups excluding tert-OH is 1. The number of amides is 2. The van der Waals surface area contributed by atoms with Gasteiger partial charge < -0.3 is 19.9 Å². The van der Waals surface area contributed by atoms with Crippen molar-refractivity contribution in [2.75, 3.05) is 25.1 Å². The number of nitrogens with zero attached hydrogens (tertiary/aromatic N) is 2. The average molecular weight is 528 g/mol. The van der Waals surface area contributed by atoms with Gasteiger partial charge in [-0.05, 0) is 60.4 Å². The highest BCUT2D eigenvalue weighted by atomic mass is 32.2. The van der Waals surface area contributed by atoms with Crippen molar-refractivity contribution in [1.29, 1.82) is 0 Å². The Labute approximate surface area is 215 Å². The molecule has 0 spiro atoms. The molecule has 10 nitrogen and oxygen atoms in total. The number of ether oxygens (including phenoxy) is 2. The predicted molar refractivity (Wildman–Crippen MR) is 137 cm³/mol. The van der Waals surface area contributed by atoms with Gasteiger partial charge in [-0.25, -0.2) is 12.7 Å². The average Bonchev–Trinajstić information content (AvgIpc) is 2.92. The SMILES string of the molecule is COc1ccc(CCC(=O)NCCc2ccc(S(=O)(=O)N(C=O)c3ccc(CO)nc3)cc2)cc1OC. The number of aliphatic hydroxyl groups is 1. The van der Waals surface area contributed by atoms with E-state index in [0.29, 0.717) is 47.3 Å². The van der Waals surface area contributed by atoms with Crippen molar-refractivity contribution in [2.45, 2.75) is 30.8 Å². The minimum Gasteiger partial charge on any atom is -0.493 e. The number of rotatable bonds is 13. The van der Waals surface area contributed by atoms with Gasteiger partial charge >= 0.3 is 0 Å². The van der Waals surface area contributed by atoms with E-state index in [1.165, 1.54) is 30.5 Å². The molecule has 0 aliphatic rings. The Morgan fingerprint density at radius 3 is 2.30 bits per heavy atom. The fourth-order valence-corrected chi connectivity index (χ4v) is 4.77. The van der Waals surface area contributed by atoms with Crippen LogP contribution in [0, 0.1) is 0 Å². The number of carbonyl (C=O) groups excluding carboxylic acids is 2. The zero-order valence-corrected chi connectivity index (χ0v) is 21.4. The normalized spacial score (nSPS) is 11.0. The third-order valence-electron chi connectivity index (χ3n) is 5.63. The van der Waals surface area contributed by atoms with Crippen molar-refractivity contribution < 1.29 is 32.6 Å². The van der Waals surface area contributed by atoms with Gasteiger partial charge in [-0.3, -0.25) is 14.6 Å². The van der Waals surface area contributed by atoms with Crippen LogP contribution < -0.4 is 19.1 Å². The van der Waals surface area contributed by atoms with Gasteiger partial charge in [-0.2, -0.15) is 0 Å². The molecule has 0 aliphatic heterocycles. The first-order chi connectivity index (χ1) is 17.8. The molecule has 0 aliphatic carbocycles. The second-order valence-electron chi connectivity index (χ2n) is 8.01. The van der Waals surface area contributed by atoms with E-state index < -0.39 is 10.0 Å². The highest BCUT2D eigenvalue weighted by Crippen LogP contribution is 2.28. The molecule has 2 aromatic carbocycles. The highest BCUT2D eigenvalue weighted by Gasteiger charge is 2.25. The van der Waals surface area contributed by atoms with Gasteiger partial charge in [-0.1, -0.05) is 18.2 Å². The molecule has 0 bridgehead atoms. The van der Waals surface area contributed by atoms with Crippen LogP contribution in [0.4, 0.5) is 5.69 Å². The van der Waals surface area contributed by atoms with Gasteiger partial charge in [0.2, 0.25) is 12.3 Å². The Kier molecular flexibility index (Phi) is 9.58. The van der Waals surface area contributed by atoms with Crippen LogP contribution in [0.15, 0.2) is 65.7 Å². The van der Waals surface area contributed by atoms with E-state index in [0.717, 1.165) is 11.1 Å². The molecule has 0 atom stereocenters. The summed E-state index contributed by atoms with van der Waals surface area (Å²) in [5.74, 6) is 1.14. The van der Waals surface area contributed by atoms with Crippen LogP contribution >= 0.6 is 0 Å². The van der Waals surface area contributed by atoms with Gasteiger partial charge in [0.15, 0.2) is 11.5 Å². The zero-order chi connectivity index (χ0) is 26.8. The summed E-state index contributed by atoms with van der Waals surface area (Å²) in [4.78, 5) is 27.7. The van der Waals surface area contributed by atoms with Crippen LogP contribution in [-0.4, -0.2) is 51.6 Å². The van der Waals surface area contributed by atoms with E-state index in [4.69, 9.17) is 14.6 Å². The summed E-state index contributed by atoms with van der Waals surface area (Å²) in [7, 11) is -1.02. The van der Waals surface area contributed by atoms with Gasteiger partial charge in [0, 0.05) is 13.0 Å². The Morgan fingerprint density at radius 2 is 1.70 bits per heavy atom. The maximum absolute atomic E-state index is 12.9. The van der Waals surface area contributed by atoms with Crippen LogP contribution in [0.5, 0.6) is 11.5 Å².